The molecule has 20 heavy (non-hydrogen) atoms. The number of aliphatic carboxylic acids is 1. The normalized spacial score (nSPS) is 22.7. The molecule has 3 heteroatoms. The number of carbonyl (C=O) groups is 1. The van der Waals surface area contributed by atoms with Crippen molar-refractivity contribution < 1.29 is 9.90 Å². The van der Waals surface area contributed by atoms with Crippen LogP contribution in [0.3, 0.4) is 0 Å². The van der Waals surface area contributed by atoms with Crippen LogP contribution < -0.4 is 0 Å². The fourth-order valence-corrected chi connectivity index (χ4v) is 3.66. The van der Waals surface area contributed by atoms with Gasteiger partial charge in [-0.2, -0.15) is 0 Å². The predicted molar refractivity (Wildman–Crippen MR) is 79.1 cm³/mol. The fourth-order valence-electron chi connectivity index (χ4n) is 3.66. The number of aryl methyl sites for hydroxylation is 2. The Morgan fingerprint density at radius 1 is 1.25 bits per heavy atom. The van der Waals surface area contributed by atoms with Crippen molar-refractivity contribution in [3.63, 3.8) is 0 Å². The molecule has 2 fully saturated rings. The molecule has 108 valence electrons. The summed E-state index contributed by atoms with van der Waals surface area (Å²) in [5.74, 6) is -0.653. The summed E-state index contributed by atoms with van der Waals surface area (Å²) in [6.07, 6.45) is 4.07. The number of hydrogen-bond donors (Lipinski definition) is 1. The molecule has 1 aromatic rings. The van der Waals surface area contributed by atoms with Crippen molar-refractivity contribution in [3.8, 4) is 0 Å². The van der Waals surface area contributed by atoms with E-state index in [1.807, 2.05) is 19.1 Å². The van der Waals surface area contributed by atoms with E-state index in [0.717, 1.165) is 43.1 Å². The van der Waals surface area contributed by atoms with Crippen molar-refractivity contribution in [3.05, 3.63) is 34.9 Å². The van der Waals surface area contributed by atoms with Crippen molar-refractivity contribution in [1.29, 1.82) is 0 Å². The van der Waals surface area contributed by atoms with Gasteiger partial charge in [-0.05, 0) is 63.7 Å². The van der Waals surface area contributed by atoms with E-state index in [2.05, 4.69) is 17.9 Å². The van der Waals surface area contributed by atoms with Gasteiger partial charge in [-0.3, -0.25) is 4.79 Å². The molecule has 3 rings (SSSR count). The summed E-state index contributed by atoms with van der Waals surface area (Å²) in [6.45, 7) is 5.94. The summed E-state index contributed by atoms with van der Waals surface area (Å²) in [7, 11) is 0. The average Bonchev–Trinajstić information content (AvgIpc) is 3.23. The van der Waals surface area contributed by atoms with Crippen LogP contribution in [0.4, 0.5) is 0 Å². The molecule has 0 bridgehead atoms. The molecule has 1 heterocycles. The largest absolute Gasteiger partial charge is 0.481 e. The van der Waals surface area contributed by atoms with Crippen LogP contribution in [-0.2, 0) is 10.2 Å². The van der Waals surface area contributed by atoms with Crippen molar-refractivity contribution in [2.45, 2.75) is 51.0 Å². The van der Waals surface area contributed by atoms with E-state index in [9.17, 15) is 9.90 Å². The molecule has 0 amide bonds. The first-order chi connectivity index (χ1) is 9.53. The lowest BCUT2D eigenvalue weighted by molar-refractivity contribution is -0.146. The second kappa shape index (κ2) is 4.88. The maximum absolute atomic E-state index is 12.0. The highest BCUT2D eigenvalue weighted by Gasteiger charge is 2.45. The Bertz CT molecular complexity index is 526. The predicted octanol–water partition coefficient (Wildman–Crippen LogP) is 2.88. The van der Waals surface area contributed by atoms with Gasteiger partial charge in [0.2, 0.25) is 0 Å². The van der Waals surface area contributed by atoms with E-state index < -0.39 is 11.4 Å². The van der Waals surface area contributed by atoms with E-state index >= 15 is 0 Å². The van der Waals surface area contributed by atoms with Gasteiger partial charge in [-0.15, -0.1) is 0 Å². The SMILES string of the molecule is Cc1ccc(C2(C(=O)O)CCN(C3CC3)CC2)c(C)c1. The second-order valence-corrected chi connectivity index (χ2v) is 6.47. The molecule has 1 aliphatic carbocycles. The van der Waals surface area contributed by atoms with Crippen molar-refractivity contribution in [2.24, 2.45) is 0 Å². The third-order valence-electron chi connectivity index (χ3n) is 5.02. The summed E-state index contributed by atoms with van der Waals surface area (Å²) in [5, 5.41) is 9.86. The first-order valence-electron chi connectivity index (χ1n) is 7.58. The molecule has 1 aromatic carbocycles. The molecule has 0 unspecified atom stereocenters. The summed E-state index contributed by atoms with van der Waals surface area (Å²) < 4.78 is 0. The standard InChI is InChI=1S/C17H23NO2/c1-12-3-6-15(13(2)11-12)17(16(19)20)7-9-18(10-8-17)14-4-5-14/h3,6,11,14H,4-5,7-10H2,1-2H3,(H,19,20). The van der Waals surface area contributed by atoms with Crippen LogP contribution in [-0.4, -0.2) is 35.1 Å². The number of rotatable bonds is 3. The number of carboxylic acids is 1. The Morgan fingerprint density at radius 2 is 1.90 bits per heavy atom. The molecule has 2 aliphatic rings. The third kappa shape index (κ3) is 2.24. The molecule has 1 saturated carbocycles. The number of hydrogen-bond acceptors (Lipinski definition) is 2. The Labute approximate surface area is 120 Å². The lowest BCUT2D eigenvalue weighted by atomic mass is 9.71. The van der Waals surface area contributed by atoms with Gasteiger partial charge in [0.1, 0.15) is 0 Å². The number of nitrogens with zero attached hydrogens (tertiary/aromatic N) is 1. The van der Waals surface area contributed by atoms with E-state index in [1.165, 1.54) is 18.4 Å². The fraction of sp³-hybridized carbons (Fsp3) is 0.588. The lowest BCUT2D eigenvalue weighted by Gasteiger charge is -2.40. The minimum atomic E-state index is -0.677. The van der Waals surface area contributed by atoms with Crippen LogP contribution >= 0.6 is 0 Å². The van der Waals surface area contributed by atoms with Gasteiger partial charge in [-0.25, -0.2) is 0 Å². The average molecular weight is 273 g/mol. The van der Waals surface area contributed by atoms with Crippen molar-refractivity contribution in [1.82, 2.24) is 4.90 Å². The summed E-state index contributed by atoms with van der Waals surface area (Å²) in [5.41, 5.74) is 2.66. The molecule has 3 nitrogen and oxygen atoms in total. The molecule has 1 N–H and O–H groups in total. The highest BCUT2D eigenvalue weighted by molar-refractivity contribution is 5.82. The molecule has 0 radical (unpaired) electrons. The van der Waals surface area contributed by atoms with E-state index in [0.29, 0.717) is 0 Å². The summed E-state index contributed by atoms with van der Waals surface area (Å²) in [4.78, 5) is 14.5. The molecule has 1 aliphatic heterocycles. The van der Waals surface area contributed by atoms with E-state index in [-0.39, 0.29) is 0 Å². The quantitative estimate of drug-likeness (QED) is 0.920. The summed E-state index contributed by atoms with van der Waals surface area (Å²) in [6, 6.07) is 6.92. The zero-order valence-corrected chi connectivity index (χ0v) is 12.4. The van der Waals surface area contributed by atoms with Crippen LogP contribution in [0.2, 0.25) is 0 Å². The van der Waals surface area contributed by atoms with Gasteiger partial charge >= 0.3 is 5.97 Å². The number of likely N-dealkylation sites (tertiary alicyclic amines) is 1. The Hall–Kier alpha value is -1.35. The van der Waals surface area contributed by atoms with Crippen molar-refractivity contribution in [2.75, 3.05) is 13.1 Å². The third-order valence-corrected chi connectivity index (χ3v) is 5.02. The van der Waals surface area contributed by atoms with Crippen LogP contribution in [0.15, 0.2) is 18.2 Å². The minimum absolute atomic E-state index is 0.653. The Morgan fingerprint density at radius 3 is 2.40 bits per heavy atom. The van der Waals surface area contributed by atoms with Gasteiger partial charge in [0.15, 0.2) is 0 Å². The zero-order chi connectivity index (χ0) is 14.3. The minimum Gasteiger partial charge on any atom is -0.481 e. The van der Waals surface area contributed by atoms with Crippen molar-refractivity contribution >= 4 is 5.97 Å². The van der Waals surface area contributed by atoms with Crippen LogP contribution in [0.5, 0.6) is 0 Å². The monoisotopic (exact) mass is 273 g/mol. The number of piperidine rings is 1. The maximum atomic E-state index is 12.0. The number of benzene rings is 1. The second-order valence-electron chi connectivity index (χ2n) is 6.47. The van der Waals surface area contributed by atoms with E-state index in [4.69, 9.17) is 0 Å². The van der Waals surface area contributed by atoms with Gasteiger partial charge in [0.05, 0.1) is 5.41 Å². The Kier molecular flexibility index (Phi) is 3.33. The van der Waals surface area contributed by atoms with Gasteiger partial charge in [-0.1, -0.05) is 23.8 Å². The van der Waals surface area contributed by atoms with Gasteiger partial charge in [0.25, 0.3) is 0 Å². The van der Waals surface area contributed by atoms with Crippen LogP contribution in [0.1, 0.15) is 42.4 Å². The topological polar surface area (TPSA) is 40.5 Å². The molecule has 0 spiro atoms. The summed E-state index contributed by atoms with van der Waals surface area (Å²) >= 11 is 0. The van der Waals surface area contributed by atoms with Gasteiger partial charge in [0, 0.05) is 6.04 Å². The Balaban J connectivity index is 1.90. The molecule has 0 atom stereocenters. The number of carboxylic acid groups (broad SMARTS) is 1. The first-order valence-corrected chi connectivity index (χ1v) is 7.58. The smallest absolute Gasteiger partial charge is 0.314 e. The highest BCUT2D eigenvalue weighted by Crippen LogP contribution is 2.40. The van der Waals surface area contributed by atoms with Crippen LogP contribution in [0, 0.1) is 13.8 Å². The molecular weight excluding hydrogens is 250 g/mol. The molecular formula is C17H23NO2. The molecule has 1 saturated heterocycles. The van der Waals surface area contributed by atoms with Gasteiger partial charge < -0.3 is 10.0 Å². The van der Waals surface area contributed by atoms with Crippen LogP contribution in [0.25, 0.3) is 0 Å². The lowest BCUT2D eigenvalue weighted by Crippen LogP contribution is -2.48. The molecule has 0 aromatic heterocycles. The maximum Gasteiger partial charge on any atom is 0.314 e. The van der Waals surface area contributed by atoms with E-state index in [1.54, 1.807) is 0 Å². The zero-order valence-electron chi connectivity index (χ0n) is 12.4. The highest BCUT2D eigenvalue weighted by atomic mass is 16.4. The first kappa shape index (κ1) is 13.6.